The van der Waals surface area contributed by atoms with Crippen molar-refractivity contribution in [1.82, 2.24) is 15.5 Å². The van der Waals surface area contributed by atoms with E-state index in [1.165, 1.54) is 0 Å². The first kappa shape index (κ1) is 18.8. The highest BCUT2D eigenvalue weighted by atomic mass is 16.5. The number of nitrogens with one attached hydrogen (secondary N) is 2. The lowest BCUT2D eigenvalue weighted by atomic mass is 10.2. The van der Waals surface area contributed by atoms with E-state index in [2.05, 4.69) is 10.6 Å². The lowest BCUT2D eigenvalue weighted by Crippen LogP contribution is -2.49. The molecule has 3 amide bonds. The summed E-state index contributed by atoms with van der Waals surface area (Å²) in [5.74, 6) is 0.634. The maximum absolute atomic E-state index is 12.6. The van der Waals surface area contributed by atoms with E-state index in [-0.39, 0.29) is 11.9 Å². The molecule has 1 heterocycles. The standard InChI is InChI=1S/C21H25N3O3/c1-27-18-10-5-9-17(13-18)15-22-20(25)19-11-6-12-24(19)21(26)23-14-16-7-3-2-4-8-16/h2-5,7-10,13,19H,6,11-12,14-15H2,1H3,(H,22,25)(H,23,26)/t19-/m0/s1. The highest BCUT2D eigenvalue weighted by molar-refractivity contribution is 5.87. The van der Waals surface area contributed by atoms with E-state index in [1.807, 2.05) is 54.6 Å². The fourth-order valence-electron chi connectivity index (χ4n) is 3.25. The second kappa shape index (κ2) is 9.07. The van der Waals surface area contributed by atoms with Crippen molar-refractivity contribution in [1.29, 1.82) is 0 Å². The van der Waals surface area contributed by atoms with Crippen molar-refractivity contribution in [3.63, 3.8) is 0 Å². The number of urea groups is 1. The van der Waals surface area contributed by atoms with Crippen LogP contribution in [0.15, 0.2) is 54.6 Å². The number of hydrogen-bond acceptors (Lipinski definition) is 3. The maximum atomic E-state index is 12.6. The summed E-state index contributed by atoms with van der Waals surface area (Å²) in [7, 11) is 1.61. The molecule has 3 rings (SSSR count). The summed E-state index contributed by atoms with van der Waals surface area (Å²) >= 11 is 0. The van der Waals surface area contributed by atoms with Gasteiger partial charge >= 0.3 is 6.03 Å². The second-order valence-electron chi connectivity index (χ2n) is 6.57. The van der Waals surface area contributed by atoms with E-state index in [1.54, 1.807) is 12.0 Å². The fraction of sp³-hybridized carbons (Fsp3) is 0.333. The topological polar surface area (TPSA) is 70.7 Å². The van der Waals surface area contributed by atoms with Gasteiger partial charge < -0.3 is 20.3 Å². The van der Waals surface area contributed by atoms with Gasteiger partial charge in [0.05, 0.1) is 7.11 Å². The van der Waals surface area contributed by atoms with Gasteiger partial charge in [0.1, 0.15) is 11.8 Å². The van der Waals surface area contributed by atoms with Crippen LogP contribution in [0, 0.1) is 0 Å². The van der Waals surface area contributed by atoms with Gasteiger partial charge in [0.25, 0.3) is 0 Å². The van der Waals surface area contributed by atoms with Crippen LogP contribution < -0.4 is 15.4 Å². The van der Waals surface area contributed by atoms with Crippen molar-refractivity contribution in [2.45, 2.75) is 32.0 Å². The molecule has 2 N–H and O–H groups in total. The van der Waals surface area contributed by atoms with Gasteiger partial charge in [0, 0.05) is 19.6 Å². The Labute approximate surface area is 159 Å². The number of amides is 3. The Kier molecular flexibility index (Phi) is 6.30. The molecule has 1 atom stereocenters. The Bertz CT molecular complexity index is 779. The first-order valence-electron chi connectivity index (χ1n) is 9.16. The summed E-state index contributed by atoms with van der Waals surface area (Å²) in [6, 6.07) is 16.7. The average molecular weight is 367 g/mol. The third kappa shape index (κ3) is 5.00. The molecule has 2 aromatic carbocycles. The van der Waals surface area contributed by atoms with E-state index in [0.717, 1.165) is 23.3 Å². The zero-order chi connectivity index (χ0) is 19.1. The summed E-state index contributed by atoms with van der Waals surface area (Å²) in [6.45, 7) is 1.46. The molecule has 1 fully saturated rings. The zero-order valence-electron chi connectivity index (χ0n) is 15.5. The molecule has 2 aromatic rings. The quantitative estimate of drug-likeness (QED) is 0.825. The molecule has 0 unspecified atom stereocenters. The van der Waals surface area contributed by atoms with Crippen LogP contribution in [-0.2, 0) is 17.9 Å². The average Bonchev–Trinajstić information content (AvgIpc) is 3.21. The summed E-state index contributed by atoms with van der Waals surface area (Å²) in [5, 5.41) is 5.84. The SMILES string of the molecule is COc1cccc(CNC(=O)[C@@H]2CCCN2C(=O)NCc2ccccc2)c1. The van der Waals surface area contributed by atoms with Crippen molar-refractivity contribution >= 4 is 11.9 Å². The number of ether oxygens (including phenoxy) is 1. The molecule has 0 radical (unpaired) electrons. The Morgan fingerprint density at radius 1 is 1.04 bits per heavy atom. The predicted molar refractivity (Wildman–Crippen MR) is 103 cm³/mol. The molecule has 27 heavy (non-hydrogen) atoms. The minimum absolute atomic E-state index is 0.120. The lowest BCUT2D eigenvalue weighted by Gasteiger charge is -2.24. The minimum atomic E-state index is -0.425. The van der Waals surface area contributed by atoms with Crippen molar-refractivity contribution in [2.75, 3.05) is 13.7 Å². The number of rotatable bonds is 6. The molecular formula is C21H25N3O3. The highest BCUT2D eigenvalue weighted by Crippen LogP contribution is 2.18. The smallest absolute Gasteiger partial charge is 0.318 e. The Balaban J connectivity index is 1.53. The normalized spacial score (nSPS) is 16.0. The van der Waals surface area contributed by atoms with Gasteiger partial charge in [-0.2, -0.15) is 0 Å². The Morgan fingerprint density at radius 2 is 1.78 bits per heavy atom. The lowest BCUT2D eigenvalue weighted by molar-refractivity contribution is -0.124. The summed E-state index contributed by atoms with van der Waals surface area (Å²) in [6.07, 6.45) is 1.51. The monoisotopic (exact) mass is 367 g/mol. The molecule has 0 aliphatic carbocycles. The van der Waals surface area contributed by atoms with E-state index < -0.39 is 6.04 Å². The highest BCUT2D eigenvalue weighted by Gasteiger charge is 2.33. The molecule has 6 heteroatoms. The summed E-state index contributed by atoms with van der Waals surface area (Å²) in [4.78, 5) is 26.7. The molecule has 1 aliphatic heterocycles. The van der Waals surface area contributed by atoms with Gasteiger partial charge in [-0.1, -0.05) is 42.5 Å². The molecule has 142 valence electrons. The third-order valence-corrected chi connectivity index (χ3v) is 4.70. The summed E-state index contributed by atoms with van der Waals surface area (Å²) < 4.78 is 5.20. The van der Waals surface area contributed by atoms with Crippen LogP contribution in [0.25, 0.3) is 0 Å². The van der Waals surface area contributed by atoms with Gasteiger partial charge in [0.2, 0.25) is 5.91 Å². The molecule has 0 saturated carbocycles. The number of methoxy groups -OCH3 is 1. The first-order chi connectivity index (χ1) is 13.2. The van der Waals surface area contributed by atoms with Gasteiger partial charge in [0.15, 0.2) is 0 Å². The molecule has 1 saturated heterocycles. The van der Waals surface area contributed by atoms with Crippen LogP contribution >= 0.6 is 0 Å². The molecule has 1 aliphatic rings. The number of carbonyl (C=O) groups excluding carboxylic acids is 2. The van der Waals surface area contributed by atoms with Crippen LogP contribution in [0.4, 0.5) is 4.79 Å². The number of nitrogens with zero attached hydrogens (tertiary/aromatic N) is 1. The van der Waals surface area contributed by atoms with E-state index >= 15 is 0 Å². The molecule has 0 spiro atoms. The number of hydrogen-bond donors (Lipinski definition) is 2. The number of carbonyl (C=O) groups is 2. The number of benzene rings is 2. The third-order valence-electron chi connectivity index (χ3n) is 4.70. The largest absolute Gasteiger partial charge is 0.497 e. The van der Waals surface area contributed by atoms with E-state index in [9.17, 15) is 9.59 Å². The van der Waals surface area contributed by atoms with E-state index in [0.29, 0.717) is 26.1 Å². The van der Waals surface area contributed by atoms with Crippen LogP contribution in [-0.4, -0.2) is 36.5 Å². The maximum Gasteiger partial charge on any atom is 0.318 e. The Morgan fingerprint density at radius 3 is 2.56 bits per heavy atom. The summed E-state index contributed by atoms with van der Waals surface area (Å²) in [5.41, 5.74) is 1.99. The molecule has 6 nitrogen and oxygen atoms in total. The molecular weight excluding hydrogens is 342 g/mol. The van der Waals surface area contributed by atoms with Crippen molar-refractivity contribution in [2.24, 2.45) is 0 Å². The predicted octanol–water partition coefficient (Wildman–Crippen LogP) is 2.69. The van der Waals surface area contributed by atoms with Crippen molar-refractivity contribution in [3.8, 4) is 5.75 Å². The number of likely N-dealkylation sites (tertiary alicyclic amines) is 1. The first-order valence-corrected chi connectivity index (χ1v) is 9.16. The van der Waals surface area contributed by atoms with E-state index in [4.69, 9.17) is 4.74 Å². The van der Waals surface area contributed by atoms with Gasteiger partial charge in [-0.05, 0) is 36.1 Å². The fourth-order valence-corrected chi connectivity index (χ4v) is 3.25. The second-order valence-corrected chi connectivity index (χ2v) is 6.57. The minimum Gasteiger partial charge on any atom is -0.497 e. The molecule has 0 aromatic heterocycles. The van der Waals surface area contributed by atoms with Gasteiger partial charge in [-0.3, -0.25) is 4.79 Å². The van der Waals surface area contributed by atoms with Crippen LogP contribution in [0.1, 0.15) is 24.0 Å². The zero-order valence-corrected chi connectivity index (χ0v) is 15.5. The van der Waals surface area contributed by atoms with Gasteiger partial charge in [-0.15, -0.1) is 0 Å². The Hall–Kier alpha value is -3.02. The van der Waals surface area contributed by atoms with Crippen molar-refractivity contribution < 1.29 is 14.3 Å². The van der Waals surface area contributed by atoms with Gasteiger partial charge in [-0.25, -0.2) is 4.79 Å². The van der Waals surface area contributed by atoms with Crippen LogP contribution in [0.5, 0.6) is 5.75 Å². The molecule has 0 bridgehead atoms. The van der Waals surface area contributed by atoms with Crippen LogP contribution in [0.3, 0.4) is 0 Å². The van der Waals surface area contributed by atoms with Crippen molar-refractivity contribution in [3.05, 3.63) is 65.7 Å². The van der Waals surface area contributed by atoms with Crippen LogP contribution in [0.2, 0.25) is 0 Å².